The minimum Gasteiger partial charge on any atom is -0.316 e. The Balaban J connectivity index is 2.71. The Hall–Kier alpha value is -1.57. The van der Waals surface area contributed by atoms with Crippen LogP contribution in [0.4, 0.5) is 0 Å². The molecular weight excluding hydrogens is 340 g/mol. The lowest BCUT2D eigenvalue weighted by Crippen LogP contribution is -2.05. The molecule has 0 radical (unpaired) electrons. The lowest BCUT2D eigenvalue weighted by atomic mass is 10.1. The highest BCUT2D eigenvalue weighted by molar-refractivity contribution is 9.10. The molecule has 1 heterocycles. The quantitative estimate of drug-likeness (QED) is 0.616. The van der Waals surface area contributed by atoms with Crippen molar-refractivity contribution < 1.29 is 4.79 Å². The Morgan fingerprint density at radius 3 is 2.70 bits per heavy atom. The highest BCUT2D eigenvalue weighted by Gasteiger charge is 2.17. The van der Waals surface area contributed by atoms with Crippen LogP contribution >= 0.6 is 27.5 Å². The van der Waals surface area contributed by atoms with Crippen LogP contribution in [0.5, 0.6) is 0 Å². The summed E-state index contributed by atoms with van der Waals surface area (Å²) < 4.78 is 2.78. The third kappa shape index (κ3) is 2.52. The Bertz CT molecular complexity index is 728. The van der Waals surface area contributed by atoms with Crippen LogP contribution in [0, 0.1) is 25.2 Å². The molecule has 102 valence electrons. The van der Waals surface area contributed by atoms with Gasteiger partial charge in [0.05, 0.1) is 17.1 Å². The second-order valence-corrected chi connectivity index (χ2v) is 5.63. The summed E-state index contributed by atoms with van der Waals surface area (Å²) in [5, 5.41) is 9.25. The number of carbonyl (C=O) groups excluding carboxylic acids is 1. The van der Waals surface area contributed by atoms with E-state index in [1.54, 1.807) is 6.07 Å². The van der Waals surface area contributed by atoms with E-state index in [0.29, 0.717) is 11.1 Å². The zero-order chi connectivity index (χ0) is 14.9. The van der Waals surface area contributed by atoms with E-state index in [4.69, 9.17) is 11.6 Å². The van der Waals surface area contributed by atoms with Gasteiger partial charge < -0.3 is 4.57 Å². The number of Topliss-reactive ketones (excluding diaryl/α,β-unsaturated/α-hetero) is 1. The van der Waals surface area contributed by atoms with E-state index in [2.05, 4.69) is 22.0 Å². The number of alkyl halides is 1. The molecule has 0 saturated heterocycles. The fourth-order valence-electron chi connectivity index (χ4n) is 2.27. The van der Waals surface area contributed by atoms with Crippen LogP contribution in [-0.2, 0) is 0 Å². The highest BCUT2D eigenvalue weighted by atomic mass is 79.9. The number of nitriles is 1. The van der Waals surface area contributed by atoms with Gasteiger partial charge in [0.15, 0.2) is 5.78 Å². The number of aryl methyl sites for hydroxylation is 1. The number of hydrogen-bond donors (Lipinski definition) is 0. The van der Waals surface area contributed by atoms with Crippen LogP contribution in [0.3, 0.4) is 0 Å². The number of ketones is 1. The standard InChI is InChI=1S/C15H12BrClN2O/c1-9-5-13(15(20)7-17)10(2)19(9)14-6-12(16)4-3-11(14)8-18/h3-6H,7H2,1-2H3. The number of aromatic nitrogens is 1. The van der Waals surface area contributed by atoms with Gasteiger partial charge in [-0.3, -0.25) is 4.79 Å². The van der Waals surface area contributed by atoms with Crippen LogP contribution in [0.2, 0.25) is 0 Å². The second kappa shape index (κ2) is 5.82. The van der Waals surface area contributed by atoms with E-state index in [0.717, 1.165) is 21.5 Å². The van der Waals surface area contributed by atoms with E-state index in [9.17, 15) is 10.1 Å². The molecule has 0 N–H and O–H groups in total. The van der Waals surface area contributed by atoms with Gasteiger partial charge in [0.1, 0.15) is 6.07 Å². The van der Waals surface area contributed by atoms with Crippen LogP contribution in [0.25, 0.3) is 5.69 Å². The predicted molar refractivity (Wildman–Crippen MR) is 82.7 cm³/mol. The first kappa shape index (κ1) is 14.8. The molecule has 0 aliphatic carbocycles. The van der Waals surface area contributed by atoms with Crippen molar-refractivity contribution in [3.63, 3.8) is 0 Å². The van der Waals surface area contributed by atoms with Crippen LogP contribution in [-0.4, -0.2) is 16.2 Å². The van der Waals surface area contributed by atoms with Crippen molar-refractivity contribution >= 4 is 33.3 Å². The van der Waals surface area contributed by atoms with Crippen molar-refractivity contribution in [3.8, 4) is 11.8 Å². The van der Waals surface area contributed by atoms with Crippen molar-refractivity contribution in [2.45, 2.75) is 13.8 Å². The number of benzene rings is 1. The maximum absolute atomic E-state index is 11.8. The number of rotatable bonds is 3. The Morgan fingerprint density at radius 2 is 2.10 bits per heavy atom. The van der Waals surface area contributed by atoms with Gasteiger partial charge in [-0.15, -0.1) is 11.6 Å². The lowest BCUT2D eigenvalue weighted by Gasteiger charge is -2.12. The Kier molecular flexibility index (Phi) is 4.32. The fourth-order valence-corrected chi connectivity index (χ4v) is 2.77. The average Bonchev–Trinajstić information content (AvgIpc) is 2.73. The summed E-state index contributed by atoms with van der Waals surface area (Å²) in [6.07, 6.45) is 0. The molecule has 0 saturated carbocycles. The van der Waals surface area contributed by atoms with E-state index in [1.165, 1.54) is 0 Å². The minimum atomic E-state index is -0.112. The summed E-state index contributed by atoms with van der Waals surface area (Å²) in [6.45, 7) is 3.76. The monoisotopic (exact) mass is 350 g/mol. The minimum absolute atomic E-state index is 0.0477. The first-order valence-corrected chi connectivity index (χ1v) is 7.30. The van der Waals surface area contributed by atoms with Gasteiger partial charge >= 0.3 is 0 Å². The van der Waals surface area contributed by atoms with E-state index >= 15 is 0 Å². The molecule has 0 unspecified atom stereocenters. The van der Waals surface area contributed by atoms with Gasteiger partial charge in [-0.1, -0.05) is 15.9 Å². The molecule has 0 atom stereocenters. The average molecular weight is 352 g/mol. The predicted octanol–water partition coefficient (Wildman–Crippen LogP) is 4.15. The van der Waals surface area contributed by atoms with E-state index in [1.807, 2.05) is 36.6 Å². The van der Waals surface area contributed by atoms with Crippen LogP contribution in [0.1, 0.15) is 27.3 Å². The third-order valence-electron chi connectivity index (χ3n) is 3.17. The van der Waals surface area contributed by atoms with E-state index < -0.39 is 0 Å². The van der Waals surface area contributed by atoms with Crippen molar-refractivity contribution in [1.82, 2.24) is 4.57 Å². The fraction of sp³-hybridized carbons (Fsp3) is 0.200. The molecule has 0 spiro atoms. The topological polar surface area (TPSA) is 45.8 Å². The van der Waals surface area contributed by atoms with Gasteiger partial charge in [-0.05, 0) is 38.1 Å². The molecule has 1 aromatic heterocycles. The zero-order valence-corrected chi connectivity index (χ0v) is 13.4. The van der Waals surface area contributed by atoms with Crippen molar-refractivity contribution in [3.05, 3.63) is 51.3 Å². The molecule has 0 bridgehead atoms. The maximum atomic E-state index is 11.8. The van der Waals surface area contributed by atoms with E-state index in [-0.39, 0.29) is 11.7 Å². The summed E-state index contributed by atoms with van der Waals surface area (Å²) >= 11 is 9.04. The third-order valence-corrected chi connectivity index (χ3v) is 3.91. The molecule has 20 heavy (non-hydrogen) atoms. The van der Waals surface area contributed by atoms with Gasteiger partial charge in [-0.25, -0.2) is 0 Å². The summed E-state index contributed by atoms with van der Waals surface area (Å²) in [5.41, 5.74) is 3.60. The van der Waals surface area contributed by atoms with Crippen molar-refractivity contribution in [1.29, 1.82) is 5.26 Å². The molecule has 0 amide bonds. The van der Waals surface area contributed by atoms with Crippen molar-refractivity contribution in [2.24, 2.45) is 0 Å². The van der Waals surface area contributed by atoms with Gasteiger partial charge in [0.2, 0.25) is 0 Å². The van der Waals surface area contributed by atoms with Gasteiger partial charge in [0.25, 0.3) is 0 Å². The van der Waals surface area contributed by atoms with Gasteiger partial charge in [0, 0.05) is 21.4 Å². The molecule has 3 nitrogen and oxygen atoms in total. The van der Waals surface area contributed by atoms with Gasteiger partial charge in [-0.2, -0.15) is 5.26 Å². The largest absolute Gasteiger partial charge is 0.316 e. The number of hydrogen-bond acceptors (Lipinski definition) is 2. The molecule has 0 aliphatic heterocycles. The molecule has 0 aliphatic rings. The smallest absolute Gasteiger partial charge is 0.179 e. The Morgan fingerprint density at radius 1 is 1.40 bits per heavy atom. The normalized spacial score (nSPS) is 10.3. The molecule has 2 rings (SSSR count). The highest BCUT2D eigenvalue weighted by Crippen LogP contribution is 2.26. The molecule has 2 aromatic rings. The van der Waals surface area contributed by atoms with Crippen LogP contribution < -0.4 is 0 Å². The zero-order valence-electron chi connectivity index (χ0n) is 11.1. The van der Waals surface area contributed by atoms with Crippen LogP contribution in [0.15, 0.2) is 28.7 Å². The Labute approximate surface area is 130 Å². The maximum Gasteiger partial charge on any atom is 0.179 e. The molecule has 0 fully saturated rings. The molecular formula is C15H12BrClN2O. The number of carbonyl (C=O) groups is 1. The van der Waals surface area contributed by atoms with Crippen molar-refractivity contribution in [2.75, 3.05) is 5.88 Å². The first-order chi connectivity index (χ1) is 9.49. The SMILES string of the molecule is Cc1cc(C(=O)CCl)c(C)n1-c1cc(Br)ccc1C#N. The molecule has 5 heteroatoms. The lowest BCUT2D eigenvalue weighted by molar-refractivity contribution is 0.102. The summed E-state index contributed by atoms with van der Waals surface area (Å²) in [7, 11) is 0. The summed E-state index contributed by atoms with van der Waals surface area (Å²) in [6, 6.07) is 9.42. The molecule has 1 aromatic carbocycles. The number of halogens is 2. The second-order valence-electron chi connectivity index (χ2n) is 4.45. The summed E-state index contributed by atoms with van der Waals surface area (Å²) in [4.78, 5) is 11.8. The summed E-state index contributed by atoms with van der Waals surface area (Å²) in [5.74, 6) is -0.159. The first-order valence-electron chi connectivity index (χ1n) is 5.97. The number of nitrogens with zero attached hydrogens (tertiary/aromatic N) is 2.